The maximum absolute atomic E-state index is 11.8. The SMILES string of the molecule is CCCCCCCCCCCCCCCCCC(=O)N1N=CCC1=O. The van der Waals surface area contributed by atoms with Gasteiger partial charge in [-0.25, -0.2) is 0 Å². The minimum Gasteiger partial charge on any atom is -0.272 e. The van der Waals surface area contributed by atoms with E-state index in [1.807, 2.05) is 0 Å². The fourth-order valence-corrected chi connectivity index (χ4v) is 3.31. The van der Waals surface area contributed by atoms with Crippen molar-refractivity contribution in [3.05, 3.63) is 0 Å². The number of hydrogen-bond donors (Lipinski definition) is 0. The molecule has 4 heteroatoms. The van der Waals surface area contributed by atoms with Crippen LogP contribution in [0.5, 0.6) is 0 Å². The van der Waals surface area contributed by atoms with Gasteiger partial charge in [-0.2, -0.15) is 10.1 Å². The minimum atomic E-state index is -0.189. The van der Waals surface area contributed by atoms with Crippen molar-refractivity contribution < 1.29 is 9.59 Å². The summed E-state index contributed by atoms with van der Waals surface area (Å²) >= 11 is 0. The predicted octanol–water partition coefficient (Wildman–Crippen LogP) is 5.99. The Morgan fingerprint density at radius 1 is 0.840 bits per heavy atom. The number of amides is 2. The highest BCUT2D eigenvalue weighted by molar-refractivity contribution is 6.04. The fourth-order valence-electron chi connectivity index (χ4n) is 3.31. The van der Waals surface area contributed by atoms with E-state index in [-0.39, 0.29) is 18.2 Å². The molecule has 25 heavy (non-hydrogen) atoms. The number of carbonyl (C=O) groups excluding carboxylic acids is 2. The second-order valence-electron chi connectivity index (χ2n) is 7.30. The zero-order chi connectivity index (χ0) is 18.2. The highest BCUT2D eigenvalue weighted by atomic mass is 16.2. The van der Waals surface area contributed by atoms with E-state index in [4.69, 9.17) is 0 Å². The number of nitrogens with zero attached hydrogens (tertiary/aromatic N) is 2. The standard InChI is InChI=1S/C21H38N2O2/c1-2-3-4-5-6-7-8-9-10-11-12-13-14-15-16-17-20(24)23-21(25)18-19-22-23/h19H,2-18H2,1H3. The molecule has 0 saturated heterocycles. The molecule has 0 bridgehead atoms. The van der Waals surface area contributed by atoms with Gasteiger partial charge in [-0.1, -0.05) is 96.8 Å². The Bertz CT molecular complexity index is 393. The number of hydrazone groups is 1. The van der Waals surface area contributed by atoms with Crippen molar-refractivity contribution in [1.29, 1.82) is 0 Å². The topological polar surface area (TPSA) is 49.7 Å². The zero-order valence-electron chi connectivity index (χ0n) is 16.3. The summed E-state index contributed by atoms with van der Waals surface area (Å²) in [6.07, 6.45) is 21.9. The van der Waals surface area contributed by atoms with Crippen LogP contribution in [-0.4, -0.2) is 23.0 Å². The summed E-state index contributed by atoms with van der Waals surface area (Å²) in [4.78, 5) is 23.1. The van der Waals surface area contributed by atoms with Crippen molar-refractivity contribution in [2.45, 2.75) is 116 Å². The molecule has 0 fully saturated rings. The van der Waals surface area contributed by atoms with Crippen molar-refractivity contribution in [2.24, 2.45) is 5.10 Å². The molecule has 0 aromatic heterocycles. The second-order valence-corrected chi connectivity index (χ2v) is 7.30. The molecule has 0 aromatic rings. The van der Waals surface area contributed by atoms with Gasteiger partial charge >= 0.3 is 0 Å². The lowest BCUT2D eigenvalue weighted by Crippen LogP contribution is -2.28. The molecule has 0 N–H and O–H groups in total. The van der Waals surface area contributed by atoms with E-state index in [9.17, 15) is 9.59 Å². The van der Waals surface area contributed by atoms with Crippen LogP contribution in [0.15, 0.2) is 5.10 Å². The third-order valence-corrected chi connectivity index (χ3v) is 4.93. The summed E-state index contributed by atoms with van der Waals surface area (Å²) in [7, 11) is 0. The first-order valence-electron chi connectivity index (χ1n) is 10.6. The van der Waals surface area contributed by atoms with E-state index < -0.39 is 0 Å². The predicted molar refractivity (Wildman–Crippen MR) is 105 cm³/mol. The lowest BCUT2D eigenvalue weighted by Gasteiger charge is -2.09. The first-order valence-corrected chi connectivity index (χ1v) is 10.6. The molecule has 0 atom stereocenters. The molecule has 144 valence electrons. The third kappa shape index (κ3) is 11.1. The number of unbranched alkanes of at least 4 members (excludes halogenated alkanes) is 14. The van der Waals surface area contributed by atoms with Crippen molar-refractivity contribution in [2.75, 3.05) is 0 Å². The largest absolute Gasteiger partial charge is 0.272 e. The normalized spacial score (nSPS) is 13.8. The lowest BCUT2D eigenvalue weighted by atomic mass is 10.0. The van der Waals surface area contributed by atoms with Crippen LogP contribution in [-0.2, 0) is 9.59 Å². The molecular formula is C21H38N2O2. The Labute approximate surface area is 154 Å². The van der Waals surface area contributed by atoms with Crippen molar-refractivity contribution in [1.82, 2.24) is 5.01 Å². The highest BCUT2D eigenvalue weighted by Gasteiger charge is 2.23. The summed E-state index contributed by atoms with van der Waals surface area (Å²) < 4.78 is 0. The van der Waals surface area contributed by atoms with Crippen molar-refractivity contribution >= 4 is 18.0 Å². The van der Waals surface area contributed by atoms with Crippen LogP contribution in [0.25, 0.3) is 0 Å². The monoisotopic (exact) mass is 350 g/mol. The summed E-state index contributed by atoms with van der Waals surface area (Å²) in [5, 5.41) is 4.85. The van der Waals surface area contributed by atoms with E-state index in [0.717, 1.165) is 17.9 Å². The molecule has 0 aliphatic carbocycles. The lowest BCUT2D eigenvalue weighted by molar-refractivity contribution is -0.143. The smallest absolute Gasteiger partial charge is 0.255 e. The first-order chi connectivity index (χ1) is 12.3. The molecule has 0 saturated carbocycles. The van der Waals surface area contributed by atoms with Gasteiger partial charge in [-0.05, 0) is 6.42 Å². The van der Waals surface area contributed by atoms with Crippen LogP contribution >= 0.6 is 0 Å². The molecule has 1 rings (SSSR count). The van der Waals surface area contributed by atoms with E-state index in [0.29, 0.717) is 6.42 Å². The molecular weight excluding hydrogens is 312 g/mol. The Hall–Kier alpha value is -1.19. The van der Waals surface area contributed by atoms with Gasteiger partial charge in [0.1, 0.15) is 0 Å². The van der Waals surface area contributed by atoms with Gasteiger partial charge in [0.2, 0.25) is 5.91 Å². The number of rotatable bonds is 16. The van der Waals surface area contributed by atoms with E-state index >= 15 is 0 Å². The van der Waals surface area contributed by atoms with Gasteiger partial charge < -0.3 is 0 Å². The fraction of sp³-hybridized carbons (Fsp3) is 0.857. The van der Waals surface area contributed by atoms with Gasteiger partial charge in [0.25, 0.3) is 5.91 Å². The maximum atomic E-state index is 11.8. The Balaban J connectivity index is 1.77. The molecule has 0 radical (unpaired) electrons. The van der Waals surface area contributed by atoms with E-state index in [1.165, 1.54) is 89.7 Å². The number of imide groups is 1. The Morgan fingerprint density at radius 2 is 1.28 bits per heavy atom. The quantitative estimate of drug-likeness (QED) is 0.321. The van der Waals surface area contributed by atoms with Gasteiger partial charge in [0.15, 0.2) is 0 Å². The summed E-state index contributed by atoms with van der Waals surface area (Å²) in [6, 6.07) is 0. The summed E-state index contributed by atoms with van der Waals surface area (Å²) in [5.74, 6) is -0.334. The highest BCUT2D eigenvalue weighted by Crippen LogP contribution is 2.14. The first kappa shape index (κ1) is 21.9. The van der Waals surface area contributed by atoms with Gasteiger partial charge in [-0.15, -0.1) is 0 Å². The van der Waals surface area contributed by atoms with E-state index in [1.54, 1.807) is 0 Å². The number of hydrogen-bond acceptors (Lipinski definition) is 3. The van der Waals surface area contributed by atoms with Crippen LogP contribution in [0.2, 0.25) is 0 Å². The van der Waals surface area contributed by atoms with Gasteiger partial charge in [-0.3, -0.25) is 9.59 Å². The van der Waals surface area contributed by atoms with E-state index in [2.05, 4.69) is 12.0 Å². The Morgan fingerprint density at radius 3 is 1.68 bits per heavy atom. The van der Waals surface area contributed by atoms with Crippen molar-refractivity contribution in [3.8, 4) is 0 Å². The average Bonchev–Trinajstić information content (AvgIpc) is 3.04. The maximum Gasteiger partial charge on any atom is 0.255 e. The summed E-state index contributed by atoms with van der Waals surface area (Å²) in [6.45, 7) is 2.27. The Kier molecular flexibility index (Phi) is 13.2. The van der Waals surface area contributed by atoms with Crippen LogP contribution in [0.1, 0.15) is 116 Å². The van der Waals surface area contributed by atoms with Crippen molar-refractivity contribution in [3.63, 3.8) is 0 Å². The van der Waals surface area contributed by atoms with Crippen LogP contribution in [0.3, 0.4) is 0 Å². The van der Waals surface area contributed by atoms with Gasteiger partial charge in [0.05, 0.1) is 6.42 Å². The molecule has 0 unspecified atom stereocenters. The van der Waals surface area contributed by atoms with Crippen LogP contribution in [0.4, 0.5) is 0 Å². The zero-order valence-corrected chi connectivity index (χ0v) is 16.3. The molecule has 1 aliphatic rings. The summed E-state index contributed by atoms with van der Waals surface area (Å²) in [5.41, 5.74) is 0. The molecule has 0 aromatic carbocycles. The molecule has 1 heterocycles. The average molecular weight is 351 g/mol. The molecule has 2 amide bonds. The van der Waals surface area contributed by atoms with Gasteiger partial charge in [0, 0.05) is 12.6 Å². The van der Waals surface area contributed by atoms with Crippen LogP contribution in [0, 0.1) is 0 Å². The second kappa shape index (κ2) is 15.1. The molecule has 0 spiro atoms. The van der Waals surface area contributed by atoms with Crippen LogP contribution < -0.4 is 0 Å². The molecule has 4 nitrogen and oxygen atoms in total. The number of carbonyl (C=O) groups is 2. The molecule has 1 aliphatic heterocycles. The minimum absolute atomic E-state index is 0.145. The third-order valence-electron chi connectivity index (χ3n) is 4.93.